The topological polar surface area (TPSA) is 32.3 Å². The van der Waals surface area contributed by atoms with E-state index in [-0.39, 0.29) is 6.03 Å². The maximum atomic E-state index is 12.3. The van der Waals surface area contributed by atoms with Gasteiger partial charge in [0.2, 0.25) is 0 Å². The minimum absolute atomic E-state index is 0.128. The molecule has 2 amide bonds. The predicted octanol–water partition coefficient (Wildman–Crippen LogP) is 5.14. The molecule has 5 heteroatoms. The first-order valence-electron chi connectivity index (χ1n) is 6.80. The summed E-state index contributed by atoms with van der Waals surface area (Å²) in [6.07, 6.45) is 0. The number of rotatable bonds is 5. The lowest BCUT2D eigenvalue weighted by atomic mass is 10.1. The number of hydrogen-bond donors (Lipinski definition) is 1. The van der Waals surface area contributed by atoms with Gasteiger partial charge in [-0.25, -0.2) is 4.79 Å². The van der Waals surface area contributed by atoms with Crippen LogP contribution in [0.1, 0.15) is 27.7 Å². The van der Waals surface area contributed by atoms with Crippen LogP contribution in [0.4, 0.5) is 10.5 Å². The lowest BCUT2D eigenvalue weighted by Gasteiger charge is -2.26. The van der Waals surface area contributed by atoms with Gasteiger partial charge in [-0.15, -0.1) is 0 Å². The standard InChI is InChI=1S/C15H22Cl2N2O/c1-10(2)8-19(9-11(3)4)15(20)18-14-6-5-12(16)7-13(14)17/h5-7,10-11H,8-9H2,1-4H3,(H,18,20). The number of hydrogen-bond acceptors (Lipinski definition) is 1. The molecule has 0 unspecified atom stereocenters. The van der Waals surface area contributed by atoms with Crippen LogP contribution in [-0.2, 0) is 0 Å². The molecule has 0 bridgehead atoms. The van der Waals surface area contributed by atoms with Crippen molar-refractivity contribution in [2.24, 2.45) is 11.8 Å². The minimum atomic E-state index is -0.128. The van der Waals surface area contributed by atoms with E-state index in [0.717, 1.165) is 13.1 Å². The second kappa shape index (κ2) is 7.75. The SMILES string of the molecule is CC(C)CN(CC(C)C)C(=O)Nc1ccc(Cl)cc1Cl. The van der Waals surface area contributed by atoms with Gasteiger partial charge >= 0.3 is 6.03 Å². The molecule has 0 aliphatic carbocycles. The Morgan fingerprint density at radius 3 is 2.15 bits per heavy atom. The number of anilines is 1. The van der Waals surface area contributed by atoms with Crippen LogP contribution in [0.25, 0.3) is 0 Å². The zero-order valence-corrected chi connectivity index (χ0v) is 13.9. The number of benzene rings is 1. The fraction of sp³-hybridized carbons (Fsp3) is 0.533. The van der Waals surface area contributed by atoms with Gasteiger partial charge in [-0.05, 0) is 30.0 Å². The number of halogens is 2. The van der Waals surface area contributed by atoms with Crippen LogP contribution in [0, 0.1) is 11.8 Å². The molecule has 0 saturated carbocycles. The highest BCUT2D eigenvalue weighted by Gasteiger charge is 2.17. The van der Waals surface area contributed by atoms with Crippen LogP contribution in [0.3, 0.4) is 0 Å². The zero-order valence-electron chi connectivity index (χ0n) is 12.4. The van der Waals surface area contributed by atoms with Crippen molar-refractivity contribution < 1.29 is 4.79 Å². The van der Waals surface area contributed by atoms with Gasteiger partial charge in [-0.1, -0.05) is 50.9 Å². The molecule has 20 heavy (non-hydrogen) atoms. The average molecular weight is 317 g/mol. The Morgan fingerprint density at radius 2 is 1.70 bits per heavy atom. The van der Waals surface area contributed by atoms with Crippen LogP contribution in [0.2, 0.25) is 10.0 Å². The molecule has 0 aliphatic heterocycles. The van der Waals surface area contributed by atoms with Crippen molar-refractivity contribution in [1.29, 1.82) is 0 Å². The summed E-state index contributed by atoms with van der Waals surface area (Å²) in [5.41, 5.74) is 0.582. The van der Waals surface area contributed by atoms with E-state index in [1.807, 2.05) is 4.90 Å². The normalized spacial score (nSPS) is 11.0. The Hall–Kier alpha value is -0.930. The summed E-state index contributed by atoms with van der Waals surface area (Å²) in [6.45, 7) is 9.81. The van der Waals surface area contributed by atoms with E-state index in [0.29, 0.717) is 27.6 Å². The summed E-state index contributed by atoms with van der Waals surface area (Å²) in [6, 6.07) is 4.91. The summed E-state index contributed by atoms with van der Waals surface area (Å²) >= 11 is 11.9. The zero-order chi connectivity index (χ0) is 15.3. The first-order valence-corrected chi connectivity index (χ1v) is 7.56. The Kier molecular flexibility index (Phi) is 6.63. The van der Waals surface area contributed by atoms with Gasteiger partial charge in [0.1, 0.15) is 0 Å². The Labute approximate surface area is 131 Å². The number of amides is 2. The number of urea groups is 1. The van der Waals surface area contributed by atoms with E-state index in [9.17, 15) is 4.79 Å². The molecule has 3 nitrogen and oxygen atoms in total. The molecule has 1 rings (SSSR count). The van der Waals surface area contributed by atoms with Gasteiger partial charge in [0.15, 0.2) is 0 Å². The molecule has 1 aromatic rings. The largest absolute Gasteiger partial charge is 0.324 e. The van der Waals surface area contributed by atoms with E-state index in [1.54, 1.807) is 18.2 Å². The number of carbonyl (C=O) groups excluding carboxylic acids is 1. The Morgan fingerprint density at radius 1 is 1.15 bits per heavy atom. The van der Waals surface area contributed by atoms with Gasteiger partial charge in [0.25, 0.3) is 0 Å². The van der Waals surface area contributed by atoms with Crippen molar-refractivity contribution in [1.82, 2.24) is 4.90 Å². The van der Waals surface area contributed by atoms with Crippen LogP contribution in [0.5, 0.6) is 0 Å². The molecule has 0 radical (unpaired) electrons. The van der Waals surface area contributed by atoms with Crippen molar-refractivity contribution >= 4 is 34.9 Å². The van der Waals surface area contributed by atoms with Crippen LogP contribution in [-0.4, -0.2) is 24.0 Å². The molecule has 0 aliphatic rings. The molecule has 0 spiro atoms. The van der Waals surface area contributed by atoms with Crippen LogP contribution >= 0.6 is 23.2 Å². The molecule has 0 saturated heterocycles. The second-order valence-electron chi connectivity index (χ2n) is 5.75. The Balaban J connectivity index is 2.79. The highest BCUT2D eigenvalue weighted by molar-refractivity contribution is 6.36. The molecule has 0 aromatic heterocycles. The van der Waals surface area contributed by atoms with Crippen molar-refractivity contribution in [3.63, 3.8) is 0 Å². The third kappa shape index (κ3) is 5.59. The summed E-state index contributed by atoms with van der Waals surface area (Å²) in [7, 11) is 0. The van der Waals surface area contributed by atoms with E-state index >= 15 is 0 Å². The summed E-state index contributed by atoms with van der Waals surface area (Å²) in [4.78, 5) is 14.2. The summed E-state index contributed by atoms with van der Waals surface area (Å²) in [5.74, 6) is 0.834. The fourth-order valence-electron chi connectivity index (χ4n) is 1.91. The second-order valence-corrected chi connectivity index (χ2v) is 6.59. The third-order valence-electron chi connectivity index (χ3n) is 2.63. The van der Waals surface area contributed by atoms with Gasteiger partial charge in [-0.3, -0.25) is 0 Å². The first kappa shape index (κ1) is 17.1. The molecular weight excluding hydrogens is 295 g/mol. The molecule has 0 heterocycles. The molecule has 112 valence electrons. The highest BCUT2D eigenvalue weighted by atomic mass is 35.5. The van der Waals surface area contributed by atoms with E-state index in [1.165, 1.54) is 0 Å². The van der Waals surface area contributed by atoms with E-state index in [2.05, 4.69) is 33.0 Å². The van der Waals surface area contributed by atoms with Gasteiger partial charge in [0, 0.05) is 18.1 Å². The Bertz CT molecular complexity index is 451. The van der Waals surface area contributed by atoms with E-state index in [4.69, 9.17) is 23.2 Å². The average Bonchev–Trinajstić information content (AvgIpc) is 2.30. The molecule has 0 atom stereocenters. The first-order chi connectivity index (χ1) is 9.29. The predicted molar refractivity (Wildman–Crippen MR) is 86.7 cm³/mol. The quantitative estimate of drug-likeness (QED) is 0.801. The minimum Gasteiger partial charge on any atom is -0.324 e. The monoisotopic (exact) mass is 316 g/mol. The molecule has 1 N–H and O–H groups in total. The van der Waals surface area contributed by atoms with E-state index < -0.39 is 0 Å². The van der Waals surface area contributed by atoms with Crippen LogP contribution < -0.4 is 5.32 Å². The summed E-state index contributed by atoms with van der Waals surface area (Å²) in [5, 5.41) is 3.84. The van der Waals surface area contributed by atoms with Crippen molar-refractivity contribution in [3.05, 3.63) is 28.2 Å². The van der Waals surface area contributed by atoms with Crippen molar-refractivity contribution in [2.45, 2.75) is 27.7 Å². The summed E-state index contributed by atoms with van der Waals surface area (Å²) < 4.78 is 0. The fourth-order valence-corrected chi connectivity index (χ4v) is 2.36. The van der Waals surface area contributed by atoms with Gasteiger partial charge in [0.05, 0.1) is 10.7 Å². The maximum Gasteiger partial charge on any atom is 0.321 e. The van der Waals surface area contributed by atoms with Gasteiger partial charge in [-0.2, -0.15) is 0 Å². The van der Waals surface area contributed by atoms with Crippen LogP contribution in [0.15, 0.2) is 18.2 Å². The number of nitrogens with zero attached hydrogens (tertiary/aromatic N) is 1. The lowest BCUT2D eigenvalue weighted by Crippen LogP contribution is -2.39. The maximum absolute atomic E-state index is 12.3. The molecular formula is C15H22Cl2N2O. The molecule has 1 aromatic carbocycles. The number of nitrogens with one attached hydrogen (secondary N) is 1. The van der Waals surface area contributed by atoms with Crippen molar-refractivity contribution in [3.8, 4) is 0 Å². The highest BCUT2D eigenvalue weighted by Crippen LogP contribution is 2.25. The lowest BCUT2D eigenvalue weighted by molar-refractivity contribution is 0.196. The third-order valence-corrected chi connectivity index (χ3v) is 3.18. The van der Waals surface area contributed by atoms with Gasteiger partial charge < -0.3 is 10.2 Å². The molecule has 0 fully saturated rings. The number of carbonyl (C=O) groups is 1. The smallest absolute Gasteiger partial charge is 0.321 e. The van der Waals surface area contributed by atoms with Crippen molar-refractivity contribution in [2.75, 3.05) is 18.4 Å².